The summed E-state index contributed by atoms with van der Waals surface area (Å²) in [5.74, 6) is 0.999. The largest absolute Gasteiger partial charge is 0.496 e. The lowest BCUT2D eigenvalue weighted by Crippen LogP contribution is -2.29. The minimum atomic E-state index is -0.0555. The Labute approximate surface area is 193 Å². The fraction of sp³-hybridized carbons (Fsp3) is 0.320. The average Bonchev–Trinajstić information content (AvgIpc) is 2.87. The molecule has 0 spiro atoms. The van der Waals surface area contributed by atoms with Crippen molar-refractivity contribution in [2.45, 2.75) is 30.8 Å². The number of hydrogen-bond acceptors (Lipinski definition) is 6. The highest BCUT2D eigenvalue weighted by atomic mass is 32.2. The molecule has 1 aliphatic heterocycles. The number of hydrogen-bond donors (Lipinski definition) is 1. The fourth-order valence-electron chi connectivity index (χ4n) is 3.78. The van der Waals surface area contributed by atoms with Crippen LogP contribution in [0.4, 0.5) is 5.69 Å². The van der Waals surface area contributed by atoms with Crippen molar-refractivity contribution in [3.8, 4) is 17.0 Å². The van der Waals surface area contributed by atoms with Crippen molar-refractivity contribution in [3.63, 3.8) is 0 Å². The molecule has 166 valence electrons. The summed E-state index contributed by atoms with van der Waals surface area (Å²) in [5, 5.41) is 12.3. The summed E-state index contributed by atoms with van der Waals surface area (Å²) in [6.07, 6.45) is 3.87. The lowest BCUT2D eigenvalue weighted by molar-refractivity contribution is -0.118. The highest BCUT2D eigenvalue weighted by molar-refractivity contribution is 7.99. The zero-order valence-electron chi connectivity index (χ0n) is 18.3. The zero-order valence-corrected chi connectivity index (χ0v) is 19.1. The molecule has 2 aromatic carbocycles. The third kappa shape index (κ3) is 5.79. The van der Waals surface area contributed by atoms with Gasteiger partial charge in [-0.25, -0.2) is 0 Å². The first kappa shape index (κ1) is 22.1. The van der Waals surface area contributed by atoms with Crippen LogP contribution in [0.1, 0.15) is 24.8 Å². The van der Waals surface area contributed by atoms with E-state index in [4.69, 9.17) is 4.74 Å². The Hall–Kier alpha value is -3.06. The molecule has 1 aromatic heterocycles. The van der Waals surface area contributed by atoms with Gasteiger partial charge in [0.1, 0.15) is 10.8 Å². The van der Waals surface area contributed by atoms with Gasteiger partial charge in [0, 0.05) is 36.4 Å². The van der Waals surface area contributed by atoms with Crippen LogP contribution in [0.15, 0.2) is 65.7 Å². The Morgan fingerprint density at radius 3 is 2.50 bits per heavy atom. The molecule has 0 saturated carbocycles. The molecular formula is C25H28N4O2S. The van der Waals surface area contributed by atoms with E-state index in [0.29, 0.717) is 6.54 Å². The molecule has 0 bridgehead atoms. The Morgan fingerprint density at radius 2 is 1.78 bits per heavy atom. The van der Waals surface area contributed by atoms with Crippen molar-refractivity contribution in [1.82, 2.24) is 15.5 Å². The molecule has 1 saturated heterocycles. The summed E-state index contributed by atoms with van der Waals surface area (Å²) in [4.78, 5) is 14.7. The minimum Gasteiger partial charge on any atom is -0.496 e. The van der Waals surface area contributed by atoms with Gasteiger partial charge in [0.15, 0.2) is 0 Å². The minimum absolute atomic E-state index is 0.0555. The first-order chi connectivity index (χ1) is 15.7. The number of anilines is 1. The van der Waals surface area contributed by atoms with Gasteiger partial charge < -0.3 is 15.0 Å². The number of methoxy groups -OCH3 is 1. The summed E-state index contributed by atoms with van der Waals surface area (Å²) >= 11 is 1.38. The van der Waals surface area contributed by atoms with Crippen LogP contribution >= 0.6 is 11.8 Å². The Morgan fingerprint density at radius 1 is 1.00 bits per heavy atom. The van der Waals surface area contributed by atoms with Crippen LogP contribution in [-0.4, -0.2) is 42.1 Å². The van der Waals surface area contributed by atoms with Crippen molar-refractivity contribution in [2.75, 3.05) is 30.9 Å². The number of nitrogens with zero attached hydrogens (tertiary/aromatic N) is 3. The number of rotatable bonds is 8. The van der Waals surface area contributed by atoms with Crippen LogP contribution in [0.5, 0.6) is 5.75 Å². The van der Waals surface area contributed by atoms with Crippen molar-refractivity contribution in [2.24, 2.45) is 0 Å². The van der Waals surface area contributed by atoms with Gasteiger partial charge in [-0.05, 0) is 49.6 Å². The quantitative estimate of drug-likeness (QED) is 0.510. The maximum absolute atomic E-state index is 12.2. The van der Waals surface area contributed by atoms with E-state index in [1.165, 1.54) is 36.7 Å². The molecule has 2 heterocycles. The molecule has 6 nitrogen and oxygen atoms in total. The van der Waals surface area contributed by atoms with Gasteiger partial charge in [-0.2, -0.15) is 0 Å². The first-order valence-electron chi connectivity index (χ1n) is 10.9. The molecule has 0 atom stereocenters. The molecule has 0 unspecified atom stereocenters. The van der Waals surface area contributed by atoms with Gasteiger partial charge in [0.25, 0.3) is 0 Å². The van der Waals surface area contributed by atoms with E-state index in [0.717, 1.165) is 40.7 Å². The van der Waals surface area contributed by atoms with E-state index in [1.807, 2.05) is 36.4 Å². The smallest absolute Gasteiger partial charge is 0.230 e. The number of amides is 1. The van der Waals surface area contributed by atoms with Crippen molar-refractivity contribution < 1.29 is 9.53 Å². The van der Waals surface area contributed by atoms with Crippen LogP contribution in [0.25, 0.3) is 11.3 Å². The molecule has 3 aromatic rings. The molecule has 1 N–H and O–H groups in total. The van der Waals surface area contributed by atoms with E-state index in [2.05, 4.69) is 44.7 Å². The predicted octanol–water partition coefficient (Wildman–Crippen LogP) is 4.55. The Bertz CT molecular complexity index is 1020. The number of carbonyl (C=O) groups is 1. The second kappa shape index (κ2) is 11.0. The lowest BCUT2D eigenvalue weighted by atomic mass is 10.1. The van der Waals surface area contributed by atoms with Crippen LogP contribution in [0, 0.1) is 0 Å². The number of benzene rings is 2. The van der Waals surface area contributed by atoms with E-state index in [9.17, 15) is 4.79 Å². The van der Waals surface area contributed by atoms with E-state index < -0.39 is 0 Å². The fourth-order valence-corrected chi connectivity index (χ4v) is 4.42. The van der Waals surface area contributed by atoms with E-state index >= 15 is 0 Å². The van der Waals surface area contributed by atoms with Crippen molar-refractivity contribution in [1.29, 1.82) is 0 Å². The normalized spacial score (nSPS) is 13.6. The summed E-state index contributed by atoms with van der Waals surface area (Å²) in [6, 6.07) is 20.1. The summed E-state index contributed by atoms with van der Waals surface area (Å²) in [6.45, 7) is 2.70. The number of nitrogens with one attached hydrogen (secondary N) is 1. The van der Waals surface area contributed by atoms with E-state index in [1.54, 1.807) is 7.11 Å². The summed E-state index contributed by atoms with van der Waals surface area (Å²) in [7, 11) is 1.63. The van der Waals surface area contributed by atoms with Gasteiger partial charge in [0.05, 0.1) is 18.6 Å². The highest BCUT2D eigenvalue weighted by Crippen LogP contribution is 2.25. The number of aromatic nitrogens is 2. The molecule has 1 fully saturated rings. The third-order valence-electron chi connectivity index (χ3n) is 5.54. The third-order valence-corrected chi connectivity index (χ3v) is 6.46. The molecular weight excluding hydrogens is 420 g/mol. The number of ether oxygens (including phenoxy) is 1. The second-order valence-corrected chi connectivity index (χ2v) is 8.72. The predicted molar refractivity (Wildman–Crippen MR) is 129 cm³/mol. The number of carbonyl (C=O) groups excluding carboxylic acids is 1. The van der Waals surface area contributed by atoms with Crippen molar-refractivity contribution in [3.05, 3.63) is 66.2 Å². The monoisotopic (exact) mass is 448 g/mol. The molecule has 32 heavy (non-hydrogen) atoms. The summed E-state index contributed by atoms with van der Waals surface area (Å²) in [5.41, 5.74) is 4.10. The highest BCUT2D eigenvalue weighted by Gasteiger charge is 2.11. The zero-order chi connectivity index (χ0) is 22.2. The van der Waals surface area contributed by atoms with Gasteiger partial charge in [-0.1, -0.05) is 42.1 Å². The molecule has 7 heteroatoms. The Balaban J connectivity index is 1.27. The van der Waals surface area contributed by atoms with Gasteiger partial charge in [-0.3, -0.25) is 4.79 Å². The Kier molecular flexibility index (Phi) is 7.61. The topological polar surface area (TPSA) is 67.3 Å². The maximum Gasteiger partial charge on any atom is 0.230 e. The SMILES string of the molecule is COc1ccccc1CNC(=O)CSc1ccc(-c2ccc(N3CCCCC3)cc2)nn1. The number of thioether (sulfide) groups is 1. The van der Waals surface area contributed by atoms with Crippen LogP contribution in [0.2, 0.25) is 0 Å². The van der Waals surface area contributed by atoms with Crippen LogP contribution < -0.4 is 15.0 Å². The van der Waals surface area contributed by atoms with Gasteiger partial charge >= 0.3 is 0 Å². The first-order valence-corrected chi connectivity index (χ1v) is 11.9. The summed E-state index contributed by atoms with van der Waals surface area (Å²) < 4.78 is 5.31. The standard InChI is InChI=1S/C25H28N4O2S/c1-31-23-8-4-3-7-20(23)17-26-24(30)18-32-25-14-13-22(27-28-25)19-9-11-21(12-10-19)29-15-5-2-6-16-29/h3-4,7-14H,2,5-6,15-18H2,1H3,(H,26,30). The molecule has 0 radical (unpaired) electrons. The molecule has 1 aliphatic rings. The molecule has 0 aliphatic carbocycles. The maximum atomic E-state index is 12.2. The number of para-hydroxylation sites is 1. The van der Waals surface area contributed by atoms with Crippen molar-refractivity contribution >= 4 is 23.4 Å². The van der Waals surface area contributed by atoms with E-state index in [-0.39, 0.29) is 11.7 Å². The van der Waals surface area contributed by atoms with Crippen LogP contribution in [-0.2, 0) is 11.3 Å². The number of piperidine rings is 1. The van der Waals surface area contributed by atoms with Crippen LogP contribution in [0.3, 0.4) is 0 Å². The average molecular weight is 449 g/mol. The lowest BCUT2D eigenvalue weighted by Gasteiger charge is -2.28. The molecule has 4 rings (SSSR count). The van der Waals surface area contributed by atoms with Gasteiger partial charge in [-0.15, -0.1) is 10.2 Å². The second-order valence-electron chi connectivity index (χ2n) is 7.73. The van der Waals surface area contributed by atoms with Gasteiger partial charge in [0.2, 0.25) is 5.91 Å². The molecule has 1 amide bonds.